The van der Waals surface area contributed by atoms with Crippen molar-refractivity contribution in [2.75, 3.05) is 6.61 Å². The Balaban J connectivity index is 1.57. The molecule has 30 heavy (non-hydrogen) atoms. The minimum absolute atomic E-state index is 0.000311. The van der Waals surface area contributed by atoms with Crippen LogP contribution in [0.25, 0.3) is 10.8 Å². The van der Waals surface area contributed by atoms with Crippen molar-refractivity contribution in [2.24, 2.45) is 11.8 Å². The van der Waals surface area contributed by atoms with Crippen molar-refractivity contribution in [2.45, 2.75) is 90.9 Å². The topological polar surface area (TPSA) is 39.4 Å². The molecule has 1 aliphatic rings. The first kappa shape index (κ1) is 22.8. The number of hydrogen-bond donors (Lipinski definition) is 0. The van der Waals surface area contributed by atoms with Crippen molar-refractivity contribution < 1.29 is 13.5 Å². The second kappa shape index (κ2) is 11.5. The molecular weight excluding hydrogens is 379 g/mol. The van der Waals surface area contributed by atoms with Crippen LogP contribution in [0.4, 0.5) is 4.39 Å². The van der Waals surface area contributed by atoms with E-state index < -0.39 is 11.4 Å². The van der Waals surface area contributed by atoms with Crippen LogP contribution in [0.5, 0.6) is 5.75 Å². The van der Waals surface area contributed by atoms with Crippen LogP contribution in [0.2, 0.25) is 0 Å². The number of fused-ring (bicyclic) bond motifs is 1. The lowest BCUT2D eigenvalue weighted by atomic mass is 9.78. The van der Waals surface area contributed by atoms with Crippen LogP contribution in [0.3, 0.4) is 0 Å². The third kappa shape index (κ3) is 6.09. The zero-order chi connectivity index (χ0) is 21.3. The van der Waals surface area contributed by atoms with E-state index in [2.05, 4.69) is 13.8 Å². The second-order valence-corrected chi connectivity index (χ2v) is 8.97. The first-order valence-electron chi connectivity index (χ1n) is 12.0. The van der Waals surface area contributed by atoms with E-state index in [-0.39, 0.29) is 11.1 Å². The van der Waals surface area contributed by atoms with E-state index in [0.717, 1.165) is 31.6 Å². The molecule has 0 N–H and O–H groups in total. The molecular formula is C26H37FO3. The summed E-state index contributed by atoms with van der Waals surface area (Å²) in [6, 6.07) is 5.21. The van der Waals surface area contributed by atoms with Gasteiger partial charge >= 0.3 is 5.63 Å². The standard InChI is InChI=1S/C26H37FO3/c1-3-5-7-8-19-9-11-20(12-10-19)13-15-22-18-21-14-16-23(29-17-6-4-2)25(27)24(21)26(28)30-22/h14,16,18-20H,3-13,15,17H2,1-2H3. The quantitative estimate of drug-likeness (QED) is 0.358. The van der Waals surface area contributed by atoms with E-state index in [4.69, 9.17) is 9.15 Å². The fourth-order valence-corrected chi connectivity index (χ4v) is 4.67. The summed E-state index contributed by atoms with van der Waals surface area (Å²) >= 11 is 0. The van der Waals surface area contributed by atoms with Crippen molar-refractivity contribution in [3.8, 4) is 5.75 Å². The van der Waals surface area contributed by atoms with Gasteiger partial charge in [0.2, 0.25) is 0 Å². The Hall–Kier alpha value is -1.84. The minimum atomic E-state index is -0.606. The fraction of sp³-hybridized carbons (Fsp3) is 0.654. The van der Waals surface area contributed by atoms with Crippen molar-refractivity contribution in [1.82, 2.24) is 0 Å². The molecule has 3 nitrogen and oxygen atoms in total. The maximum Gasteiger partial charge on any atom is 0.346 e. The maximum absolute atomic E-state index is 14.7. The molecule has 1 aliphatic carbocycles. The molecule has 0 spiro atoms. The van der Waals surface area contributed by atoms with Gasteiger partial charge < -0.3 is 9.15 Å². The Morgan fingerprint density at radius 2 is 1.70 bits per heavy atom. The summed E-state index contributed by atoms with van der Waals surface area (Å²) in [6.07, 6.45) is 14.2. The van der Waals surface area contributed by atoms with Gasteiger partial charge in [-0.3, -0.25) is 0 Å². The highest BCUT2D eigenvalue weighted by Gasteiger charge is 2.21. The summed E-state index contributed by atoms with van der Waals surface area (Å²) in [5.41, 5.74) is -0.597. The first-order valence-corrected chi connectivity index (χ1v) is 12.0. The molecule has 2 aromatic rings. The Morgan fingerprint density at radius 3 is 2.40 bits per heavy atom. The number of unbranched alkanes of at least 4 members (excludes halogenated alkanes) is 3. The number of ether oxygens (including phenoxy) is 1. The summed E-state index contributed by atoms with van der Waals surface area (Å²) in [4.78, 5) is 12.5. The van der Waals surface area contributed by atoms with Crippen LogP contribution >= 0.6 is 0 Å². The average Bonchev–Trinajstić information content (AvgIpc) is 2.75. The molecule has 1 fully saturated rings. The van der Waals surface area contributed by atoms with E-state index in [1.165, 1.54) is 51.4 Å². The van der Waals surface area contributed by atoms with Crippen LogP contribution in [0, 0.1) is 17.7 Å². The lowest BCUT2D eigenvalue weighted by Crippen LogP contribution is -2.15. The molecule has 1 heterocycles. The normalized spacial score (nSPS) is 19.3. The number of aryl methyl sites for hydroxylation is 1. The monoisotopic (exact) mass is 416 g/mol. The first-order chi connectivity index (χ1) is 14.6. The highest BCUT2D eigenvalue weighted by Crippen LogP contribution is 2.34. The van der Waals surface area contributed by atoms with Crippen molar-refractivity contribution >= 4 is 10.8 Å². The zero-order valence-corrected chi connectivity index (χ0v) is 18.7. The third-order valence-electron chi connectivity index (χ3n) is 6.62. The molecule has 0 radical (unpaired) electrons. The van der Waals surface area contributed by atoms with Crippen LogP contribution in [-0.4, -0.2) is 6.61 Å². The van der Waals surface area contributed by atoms with Crippen LogP contribution in [0.15, 0.2) is 27.4 Å². The summed E-state index contributed by atoms with van der Waals surface area (Å²) < 4.78 is 25.7. The van der Waals surface area contributed by atoms with Crippen LogP contribution in [0.1, 0.15) is 90.2 Å². The highest BCUT2D eigenvalue weighted by atomic mass is 19.1. The van der Waals surface area contributed by atoms with Gasteiger partial charge in [-0.25, -0.2) is 9.18 Å². The highest BCUT2D eigenvalue weighted by molar-refractivity contribution is 5.83. The maximum atomic E-state index is 14.7. The molecule has 0 bridgehead atoms. The van der Waals surface area contributed by atoms with Gasteiger partial charge in [-0.2, -0.15) is 0 Å². The van der Waals surface area contributed by atoms with E-state index in [0.29, 0.717) is 23.7 Å². The summed E-state index contributed by atoms with van der Waals surface area (Å²) in [5, 5.41) is 0.599. The molecule has 0 amide bonds. The van der Waals surface area contributed by atoms with Gasteiger partial charge in [0.25, 0.3) is 0 Å². The Labute approximate surface area is 180 Å². The predicted octanol–water partition coefficient (Wildman–Crippen LogP) is 7.43. The molecule has 166 valence electrons. The molecule has 0 unspecified atom stereocenters. The van der Waals surface area contributed by atoms with Crippen molar-refractivity contribution in [3.05, 3.63) is 40.2 Å². The summed E-state index contributed by atoms with van der Waals surface area (Å²) in [7, 11) is 0. The van der Waals surface area contributed by atoms with E-state index >= 15 is 0 Å². The molecule has 1 aromatic heterocycles. The van der Waals surface area contributed by atoms with Gasteiger partial charge in [0.1, 0.15) is 11.1 Å². The number of benzene rings is 1. The van der Waals surface area contributed by atoms with E-state index in [1.807, 2.05) is 6.07 Å². The lowest BCUT2D eigenvalue weighted by molar-refractivity contribution is 0.245. The largest absolute Gasteiger partial charge is 0.490 e. The van der Waals surface area contributed by atoms with Crippen LogP contribution < -0.4 is 10.4 Å². The number of halogens is 1. The third-order valence-corrected chi connectivity index (χ3v) is 6.62. The second-order valence-electron chi connectivity index (χ2n) is 8.97. The molecule has 0 saturated heterocycles. The molecule has 1 aromatic carbocycles. The van der Waals surface area contributed by atoms with Crippen molar-refractivity contribution in [3.63, 3.8) is 0 Å². The molecule has 0 atom stereocenters. The molecule has 1 saturated carbocycles. The smallest absolute Gasteiger partial charge is 0.346 e. The average molecular weight is 417 g/mol. The van der Waals surface area contributed by atoms with Gasteiger partial charge in [-0.05, 0) is 42.2 Å². The van der Waals surface area contributed by atoms with Gasteiger partial charge in [-0.1, -0.05) is 77.7 Å². The van der Waals surface area contributed by atoms with Gasteiger partial charge in [0, 0.05) is 6.42 Å². The van der Waals surface area contributed by atoms with Gasteiger partial charge in [0.15, 0.2) is 11.6 Å². The predicted molar refractivity (Wildman–Crippen MR) is 121 cm³/mol. The molecule has 4 heteroatoms. The fourth-order valence-electron chi connectivity index (χ4n) is 4.67. The van der Waals surface area contributed by atoms with Gasteiger partial charge in [0.05, 0.1) is 6.61 Å². The molecule has 0 aliphatic heterocycles. The zero-order valence-electron chi connectivity index (χ0n) is 18.7. The Morgan fingerprint density at radius 1 is 1.00 bits per heavy atom. The van der Waals surface area contributed by atoms with Gasteiger partial charge in [-0.15, -0.1) is 0 Å². The van der Waals surface area contributed by atoms with E-state index in [9.17, 15) is 9.18 Å². The van der Waals surface area contributed by atoms with Crippen molar-refractivity contribution in [1.29, 1.82) is 0 Å². The Kier molecular flexibility index (Phi) is 8.77. The van der Waals surface area contributed by atoms with Crippen LogP contribution in [-0.2, 0) is 6.42 Å². The summed E-state index contributed by atoms with van der Waals surface area (Å²) in [6.45, 7) is 4.76. The molecule has 3 rings (SSSR count). The Bertz CT molecular complexity index is 849. The number of hydrogen-bond acceptors (Lipinski definition) is 3. The minimum Gasteiger partial charge on any atom is -0.490 e. The SMILES string of the molecule is CCCCCC1CCC(CCc2cc3ccc(OCCCC)c(F)c3c(=O)o2)CC1. The lowest BCUT2D eigenvalue weighted by Gasteiger charge is -2.28. The summed E-state index contributed by atoms with van der Waals surface area (Å²) in [5.74, 6) is 1.80. The number of rotatable bonds is 11. The van der Waals surface area contributed by atoms with E-state index in [1.54, 1.807) is 12.1 Å².